The van der Waals surface area contributed by atoms with Crippen LogP contribution < -0.4 is 0 Å². The van der Waals surface area contributed by atoms with E-state index in [1.54, 1.807) is 18.4 Å². The van der Waals surface area contributed by atoms with Crippen LogP contribution >= 0.6 is 0 Å². The Morgan fingerprint density at radius 1 is 1.48 bits per heavy atom. The molecule has 2 rings (SSSR count). The Morgan fingerprint density at radius 2 is 2.19 bits per heavy atom. The maximum atomic E-state index is 12.0. The number of carboxylic acid groups (broad SMARTS) is 1. The number of allylic oxidation sites excluding steroid dienone is 1. The van der Waals surface area contributed by atoms with Crippen LogP contribution in [0.15, 0.2) is 43.1 Å². The Kier molecular flexibility index (Phi) is 4.42. The zero-order valence-corrected chi connectivity index (χ0v) is 11.7. The molecular weight excluding hydrogens is 270 g/mol. The van der Waals surface area contributed by atoms with E-state index in [0.717, 1.165) is 11.1 Å². The van der Waals surface area contributed by atoms with Gasteiger partial charge in [0.2, 0.25) is 0 Å². The molecule has 110 valence electrons. The lowest BCUT2D eigenvalue weighted by Crippen LogP contribution is -2.39. The first-order chi connectivity index (χ1) is 10.1. The third kappa shape index (κ3) is 2.81. The molecule has 1 aromatic carbocycles. The minimum atomic E-state index is -0.973. The molecule has 0 saturated carbocycles. The summed E-state index contributed by atoms with van der Waals surface area (Å²) in [6.07, 6.45) is 4.57. The van der Waals surface area contributed by atoms with Crippen molar-refractivity contribution in [2.24, 2.45) is 5.92 Å². The Hall–Kier alpha value is -2.56. The van der Waals surface area contributed by atoms with Crippen molar-refractivity contribution < 1.29 is 19.4 Å². The number of fused-ring (bicyclic) bond motifs is 1. The van der Waals surface area contributed by atoms with Crippen LogP contribution in [0.1, 0.15) is 23.6 Å². The van der Waals surface area contributed by atoms with Crippen molar-refractivity contribution in [3.8, 4) is 0 Å². The molecule has 1 aliphatic rings. The molecule has 0 spiro atoms. The fourth-order valence-corrected chi connectivity index (χ4v) is 2.57. The maximum absolute atomic E-state index is 12.0. The van der Waals surface area contributed by atoms with Crippen molar-refractivity contribution >= 4 is 18.1 Å². The van der Waals surface area contributed by atoms with Gasteiger partial charge in [0.1, 0.15) is 0 Å². The zero-order valence-electron chi connectivity index (χ0n) is 11.7. The van der Waals surface area contributed by atoms with Crippen molar-refractivity contribution in [1.82, 2.24) is 4.90 Å². The highest BCUT2D eigenvalue weighted by molar-refractivity contribution is 5.78. The van der Waals surface area contributed by atoms with Gasteiger partial charge in [0, 0.05) is 6.20 Å². The Bertz CT molecular complexity index is 594. The molecule has 2 unspecified atom stereocenters. The molecule has 5 heteroatoms. The standard InChI is InChI=1S/C16H17NO4/c1-3-6-13(15(18)19)14-12-8-5-4-7-11(12)9-10-17(14)16(20)21-2/h3-5,7-10,13-14H,1,6H2,2H3,(H,18,19). The molecule has 0 radical (unpaired) electrons. The third-order valence-corrected chi connectivity index (χ3v) is 3.53. The highest BCUT2D eigenvalue weighted by Crippen LogP contribution is 2.37. The summed E-state index contributed by atoms with van der Waals surface area (Å²) in [5, 5.41) is 9.50. The number of carbonyl (C=O) groups is 2. The minimum Gasteiger partial charge on any atom is -0.481 e. The Balaban J connectivity index is 2.52. The van der Waals surface area contributed by atoms with Gasteiger partial charge in [-0.05, 0) is 23.6 Å². The van der Waals surface area contributed by atoms with Gasteiger partial charge in [0.15, 0.2) is 0 Å². The number of ether oxygens (including phenoxy) is 1. The highest BCUT2D eigenvalue weighted by atomic mass is 16.5. The van der Waals surface area contributed by atoms with Gasteiger partial charge in [-0.15, -0.1) is 6.58 Å². The van der Waals surface area contributed by atoms with Crippen LogP contribution in [0.5, 0.6) is 0 Å². The summed E-state index contributed by atoms with van der Waals surface area (Å²) in [5.74, 6) is -1.76. The van der Waals surface area contributed by atoms with E-state index in [2.05, 4.69) is 6.58 Å². The number of methoxy groups -OCH3 is 1. The number of hydrogen-bond acceptors (Lipinski definition) is 3. The van der Waals surface area contributed by atoms with Crippen LogP contribution in [0.25, 0.3) is 6.08 Å². The summed E-state index contributed by atoms with van der Waals surface area (Å²) in [7, 11) is 1.27. The summed E-state index contributed by atoms with van der Waals surface area (Å²) in [6, 6.07) is 6.80. The molecular formula is C16H17NO4. The number of amides is 1. The summed E-state index contributed by atoms with van der Waals surface area (Å²) in [5.41, 5.74) is 1.69. The monoisotopic (exact) mass is 287 g/mol. The van der Waals surface area contributed by atoms with Gasteiger partial charge < -0.3 is 9.84 Å². The number of rotatable bonds is 4. The first-order valence-corrected chi connectivity index (χ1v) is 6.57. The van der Waals surface area contributed by atoms with E-state index in [9.17, 15) is 14.7 Å². The Morgan fingerprint density at radius 3 is 2.81 bits per heavy atom. The van der Waals surface area contributed by atoms with Crippen LogP contribution in [-0.2, 0) is 9.53 Å². The fourth-order valence-electron chi connectivity index (χ4n) is 2.57. The molecule has 1 amide bonds. The van der Waals surface area contributed by atoms with Crippen molar-refractivity contribution in [2.75, 3.05) is 7.11 Å². The largest absolute Gasteiger partial charge is 0.481 e. The lowest BCUT2D eigenvalue weighted by Gasteiger charge is -2.35. The van der Waals surface area contributed by atoms with Crippen molar-refractivity contribution in [3.63, 3.8) is 0 Å². The first-order valence-electron chi connectivity index (χ1n) is 6.57. The van der Waals surface area contributed by atoms with Gasteiger partial charge in [0.25, 0.3) is 0 Å². The van der Waals surface area contributed by atoms with E-state index in [4.69, 9.17) is 4.74 Å². The van der Waals surface area contributed by atoms with E-state index in [1.165, 1.54) is 12.0 Å². The van der Waals surface area contributed by atoms with Crippen molar-refractivity contribution in [2.45, 2.75) is 12.5 Å². The second kappa shape index (κ2) is 6.26. The van der Waals surface area contributed by atoms with Gasteiger partial charge in [-0.1, -0.05) is 30.3 Å². The second-order valence-corrected chi connectivity index (χ2v) is 4.74. The smallest absolute Gasteiger partial charge is 0.414 e. The fraction of sp³-hybridized carbons (Fsp3) is 0.250. The van der Waals surface area contributed by atoms with Gasteiger partial charge >= 0.3 is 12.1 Å². The van der Waals surface area contributed by atoms with Gasteiger partial charge in [-0.2, -0.15) is 0 Å². The summed E-state index contributed by atoms with van der Waals surface area (Å²) in [4.78, 5) is 24.9. The lowest BCUT2D eigenvalue weighted by atomic mass is 9.85. The number of hydrogen-bond donors (Lipinski definition) is 1. The highest BCUT2D eigenvalue weighted by Gasteiger charge is 2.38. The average molecular weight is 287 g/mol. The predicted octanol–water partition coefficient (Wildman–Crippen LogP) is 3.06. The van der Waals surface area contributed by atoms with Gasteiger partial charge in [-0.25, -0.2) is 4.79 Å². The molecule has 0 fully saturated rings. The SMILES string of the molecule is C=CCC(C(=O)O)C1c2ccccc2C=CN1C(=O)OC. The lowest BCUT2D eigenvalue weighted by molar-refractivity contribution is -0.143. The molecule has 2 atom stereocenters. The zero-order chi connectivity index (χ0) is 15.4. The minimum absolute atomic E-state index is 0.260. The molecule has 0 aliphatic carbocycles. The topological polar surface area (TPSA) is 66.8 Å². The van der Waals surface area contributed by atoms with Crippen molar-refractivity contribution in [1.29, 1.82) is 0 Å². The summed E-state index contributed by atoms with van der Waals surface area (Å²) < 4.78 is 4.76. The number of carboxylic acids is 1. The normalized spacial score (nSPS) is 17.8. The van der Waals surface area contributed by atoms with E-state index >= 15 is 0 Å². The Labute approximate surface area is 123 Å². The molecule has 0 aromatic heterocycles. The molecule has 21 heavy (non-hydrogen) atoms. The molecule has 0 saturated heterocycles. The van der Waals surface area contributed by atoms with Crippen molar-refractivity contribution in [3.05, 3.63) is 54.2 Å². The predicted molar refractivity (Wildman–Crippen MR) is 78.4 cm³/mol. The van der Waals surface area contributed by atoms with E-state index < -0.39 is 24.0 Å². The number of nitrogens with zero attached hydrogens (tertiary/aromatic N) is 1. The third-order valence-electron chi connectivity index (χ3n) is 3.53. The number of carbonyl (C=O) groups excluding carboxylic acids is 1. The van der Waals surface area contributed by atoms with E-state index in [0.29, 0.717) is 0 Å². The quantitative estimate of drug-likeness (QED) is 0.864. The number of aliphatic carboxylic acids is 1. The molecule has 1 N–H and O–H groups in total. The molecule has 1 aliphatic heterocycles. The van der Waals surface area contributed by atoms with Gasteiger partial charge in [0.05, 0.1) is 19.1 Å². The molecule has 0 bridgehead atoms. The molecule has 5 nitrogen and oxygen atoms in total. The first kappa shape index (κ1) is 14.8. The van der Waals surface area contributed by atoms with Gasteiger partial charge in [-0.3, -0.25) is 9.69 Å². The molecule has 1 heterocycles. The summed E-state index contributed by atoms with van der Waals surface area (Å²) in [6.45, 7) is 3.61. The second-order valence-electron chi connectivity index (χ2n) is 4.74. The maximum Gasteiger partial charge on any atom is 0.414 e. The molecule has 1 aromatic rings. The van der Waals surface area contributed by atoms with Crippen LogP contribution in [0.2, 0.25) is 0 Å². The van der Waals surface area contributed by atoms with Crippen LogP contribution in [0.4, 0.5) is 4.79 Å². The van der Waals surface area contributed by atoms with Crippen LogP contribution in [-0.4, -0.2) is 29.2 Å². The van der Waals surface area contributed by atoms with E-state index in [1.807, 2.05) is 24.3 Å². The van der Waals surface area contributed by atoms with Crippen LogP contribution in [0.3, 0.4) is 0 Å². The average Bonchev–Trinajstić information content (AvgIpc) is 2.50. The van der Waals surface area contributed by atoms with Crippen LogP contribution in [0, 0.1) is 5.92 Å². The number of benzene rings is 1. The summed E-state index contributed by atoms with van der Waals surface area (Å²) >= 11 is 0. The van der Waals surface area contributed by atoms with E-state index in [-0.39, 0.29) is 6.42 Å².